The molecule has 6 nitrogen and oxygen atoms in total. The zero-order valence-electron chi connectivity index (χ0n) is 10.4. The first-order valence-corrected chi connectivity index (χ1v) is 6.01. The second kappa shape index (κ2) is 6.55. The van der Waals surface area contributed by atoms with Crippen LogP contribution >= 0.6 is 0 Å². The van der Waals surface area contributed by atoms with Gasteiger partial charge in [0, 0.05) is 24.8 Å². The van der Waals surface area contributed by atoms with Crippen LogP contribution in [0, 0.1) is 0 Å². The van der Waals surface area contributed by atoms with Crippen molar-refractivity contribution in [1.82, 2.24) is 20.4 Å². The molecule has 0 saturated carbocycles. The Bertz CT molecular complexity index is 524. The Morgan fingerprint density at radius 1 is 1.26 bits per heavy atom. The van der Waals surface area contributed by atoms with Gasteiger partial charge < -0.3 is 15.7 Å². The summed E-state index contributed by atoms with van der Waals surface area (Å²) in [5.74, 6) is 0. The van der Waals surface area contributed by atoms with Crippen molar-refractivity contribution in [2.75, 3.05) is 13.2 Å². The lowest BCUT2D eigenvalue weighted by Gasteiger charge is -2.04. The van der Waals surface area contributed by atoms with Gasteiger partial charge in [0.05, 0.1) is 18.5 Å². The van der Waals surface area contributed by atoms with Crippen LogP contribution in [0.25, 0.3) is 5.69 Å². The third-order valence-corrected chi connectivity index (χ3v) is 2.51. The van der Waals surface area contributed by atoms with Gasteiger partial charge in [0.1, 0.15) is 0 Å². The van der Waals surface area contributed by atoms with E-state index < -0.39 is 0 Å². The molecule has 0 radical (unpaired) electrons. The zero-order valence-corrected chi connectivity index (χ0v) is 10.4. The highest BCUT2D eigenvalue weighted by Crippen LogP contribution is 2.07. The minimum absolute atomic E-state index is 0.0701. The summed E-state index contributed by atoms with van der Waals surface area (Å²) in [4.78, 5) is 11.3. The molecule has 0 spiro atoms. The van der Waals surface area contributed by atoms with Crippen molar-refractivity contribution < 1.29 is 9.90 Å². The van der Waals surface area contributed by atoms with Crippen LogP contribution in [0.1, 0.15) is 5.56 Å². The van der Waals surface area contributed by atoms with Gasteiger partial charge in [-0.25, -0.2) is 9.48 Å². The molecular weight excluding hydrogens is 244 g/mol. The first-order valence-electron chi connectivity index (χ1n) is 6.01. The van der Waals surface area contributed by atoms with Gasteiger partial charge in [-0.1, -0.05) is 18.2 Å². The van der Waals surface area contributed by atoms with E-state index in [1.165, 1.54) is 0 Å². The summed E-state index contributed by atoms with van der Waals surface area (Å²) in [6.07, 6.45) is 3.57. The van der Waals surface area contributed by atoms with E-state index in [4.69, 9.17) is 5.11 Å². The lowest BCUT2D eigenvalue weighted by Crippen LogP contribution is -2.36. The summed E-state index contributed by atoms with van der Waals surface area (Å²) in [5, 5.41) is 18.0. The van der Waals surface area contributed by atoms with Crippen molar-refractivity contribution in [3.05, 3.63) is 48.3 Å². The van der Waals surface area contributed by atoms with E-state index >= 15 is 0 Å². The number of nitrogens with zero attached hydrogens (tertiary/aromatic N) is 2. The first kappa shape index (κ1) is 13.1. The molecule has 2 amide bonds. The highest BCUT2D eigenvalue weighted by atomic mass is 16.3. The fourth-order valence-electron chi connectivity index (χ4n) is 1.59. The summed E-state index contributed by atoms with van der Waals surface area (Å²) in [6.45, 7) is 0.568. The van der Waals surface area contributed by atoms with Crippen LogP contribution in [0.4, 0.5) is 4.79 Å². The third kappa shape index (κ3) is 3.82. The van der Waals surface area contributed by atoms with Crippen molar-refractivity contribution in [2.24, 2.45) is 0 Å². The first-order chi connectivity index (χ1) is 9.29. The average molecular weight is 260 g/mol. The molecule has 0 unspecified atom stereocenters. The van der Waals surface area contributed by atoms with Gasteiger partial charge in [-0.2, -0.15) is 5.10 Å². The molecule has 1 aromatic heterocycles. The largest absolute Gasteiger partial charge is 0.395 e. The van der Waals surface area contributed by atoms with Crippen LogP contribution in [0.15, 0.2) is 42.7 Å². The smallest absolute Gasteiger partial charge is 0.315 e. The average Bonchev–Trinajstić information content (AvgIpc) is 2.93. The van der Waals surface area contributed by atoms with Gasteiger partial charge in [-0.05, 0) is 12.1 Å². The molecule has 0 aliphatic carbocycles. The number of urea groups is 1. The Labute approximate surface area is 111 Å². The topological polar surface area (TPSA) is 79.2 Å². The molecule has 100 valence electrons. The minimum Gasteiger partial charge on any atom is -0.395 e. The lowest BCUT2D eigenvalue weighted by atomic mass is 10.3. The minimum atomic E-state index is -0.304. The van der Waals surface area contributed by atoms with Crippen LogP contribution in [-0.4, -0.2) is 34.1 Å². The predicted molar refractivity (Wildman–Crippen MR) is 70.9 cm³/mol. The summed E-state index contributed by atoms with van der Waals surface area (Å²) in [7, 11) is 0. The van der Waals surface area contributed by atoms with Crippen molar-refractivity contribution in [1.29, 1.82) is 0 Å². The van der Waals surface area contributed by atoms with Gasteiger partial charge in [0.25, 0.3) is 0 Å². The molecule has 19 heavy (non-hydrogen) atoms. The second-order valence-corrected chi connectivity index (χ2v) is 3.96. The fraction of sp³-hybridized carbons (Fsp3) is 0.231. The van der Waals surface area contributed by atoms with Gasteiger partial charge in [-0.3, -0.25) is 0 Å². The molecule has 3 N–H and O–H groups in total. The number of rotatable bonds is 5. The van der Waals surface area contributed by atoms with Gasteiger partial charge >= 0.3 is 6.03 Å². The Morgan fingerprint density at radius 2 is 2.05 bits per heavy atom. The van der Waals surface area contributed by atoms with Gasteiger partial charge in [-0.15, -0.1) is 0 Å². The van der Waals surface area contributed by atoms with E-state index in [9.17, 15) is 4.79 Å². The number of aromatic nitrogens is 2. The monoisotopic (exact) mass is 260 g/mol. The van der Waals surface area contributed by atoms with Gasteiger partial charge in [0.2, 0.25) is 0 Å². The van der Waals surface area contributed by atoms with Crippen LogP contribution in [0.5, 0.6) is 0 Å². The van der Waals surface area contributed by atoms with E-state index in [0.29, 0.717) is 6.54 Å². The van der Waals surface area contributed by atoms with Crippen molar-refractivity contribution >= 4 is 6.03 Å². The number of benzene rings is 1. The molecular formula is C13H16N4O2. The number of nitrogens with one attached hydrogen (secondary N) is 2. The summed E-state index contributed by atoms with van der Waals surface area (Å²) in [5.41, 5.74) is 1.88. The zero-order chi connectivity index (χ0) is 13.5. The van der Waals surface area contributed by atoms with E-state index in [0.717, 1.165) is 11.3 Å². The maximum Gasteiger partial charge on any atom is 0.315 e. The molecule has 2 aromatic rings. The number of amides is 2. The molecule has 0 saturated heterocycles. The third-order valence-electron chi connectivity index (χ3n) is 2.51. The SMILES string of the molecule is O=C(NCCO)NCc1cnn(-c2ccccc2)c1. The molecule has 0 atom stereocenters. The van der Waals surface area contributed by atoms with Crippen molar-refractivity contribution in [3.63, 3.8) is 0 Å². The molecule has 0 bridgehead atoms. The molecule has 1 heterocycles. The molecule has 0 aliphatic heterocycles. The van der Waals surface area contributed by atoms with Crippen LogP contribution in [0.3, 0.4) is 0 Å². The highest BCUT2D eigenvalue weighted by Gasteiger charge is 2.03. The predicted octanol–water partition coefficient (Wildman–Crippen LogP) is 0.664. The quantitative estimate of drug-likeness (QED) is 0.739. The standard InChI is InChI=1S/C13H16N4O2/c18-7-6-14-13(19)15-8-11-9-16-17(10-11)12-4-2-1-3-5-12/h1-5,9-10,18H,6-8H2,(H2,14,15,19). The normalized spacial score (nSPS) is 10.2. The number of aliphatic hydroxyl groups excluding tert-OH is 1. The van der Waals surface area contributed by atoms with Crippen LogP contribution in [0.2, 0.25) is 0 Å². The van der Waals surface area contributed by atoms with E-state index in [2.05, 4.69) is 15.7 Å². The summed E-state index contributed by atoms with van der Waals surface area (Å²) in [6, 6.07) is 9.44. The Morgan fingerprint density at radius 3 is 2.79 bits per heavy atom. The number of carbonyl (C=O) groups is 1. The second-order valence-electron chi connectivity index (χ2n) is 3.96. The summed E-state index contributed by atoms with van der Waals surface area (Å²) >= 11 is 0. The van der Waals surface area contributed by atoms with E-state index in [1.54, 1.807) is 10.9 Å². The fourth-order valence-corrected chi connectivity index (χ4v) is 1.59. The molecule has 1 aromatic carbocycles. The maximum absolute atomic E-state index is 11.3. The van der Waals surface area contributed by atoms with Crippen molar-refractivity contribution in [3.8, 4) is 5.69 Å². The molecule has 6 heteroatoms. The number of hydrogen-bond acceptors (Lipinski definition) is 3. The number of hydrogen-bond donors (Lipinski definition) is 3. The molecule has 0 fully saturated rings. The molecule has 2 rings (SSSR count). The van der Waals surface area contributed by atoms with Crippen LogP contribution < -0.4 is 10.6 Å². The Kier molecular flexibility index (Phi) is 4.52. The Balaban J connectivity index is 1.90. The number of aliphatic hydroxyl groups is 1. The summed E-state index contributed by atoms with van der Waals surface area (Å²) < 4.78 is 1.75. The number of para-hydroxylation sites is 1. The molecule has 0 aliphatic rings. The Hall–Kier alpha value is -2.34. The van der Waals surface area contributed by atoms with Crippen molar-refractivity contribution in [2.45, 2.75) is 6.54 Å². The van der Waals surface area contributed by atoms with Gasteiger partial charge in [0.15, 0.2) is 0 Å². The van der Waals surface area contributed by atoms with E-state index in [1.807, 2.05) is 36.5 Å². The van der Waals surface area contributed by atoms with Crippen LogP contribution in [-0.2, 0) is 6.54 Å². The highest BCUT2D eigenvalue weighted by molar-refractivity contribution is 5.73. The number of carbonyl (C=O) groups excluding carboxylic acids is 1. The van der Waals surface area contributed by atoms with E-state index in [-0.39, 0.29) is 19.2 Å². The maximum atomic E-state index is 11.3. The lowest BCUT2D eigenvalue weighted by molar-refractivity contribution is 0.234.